The van der Waals surface area contributed by atoms with E-state index >= 15 is 0 Å². The third-order valence-corrected chi connectivity index (χ3v) is 3.59. The summed E-state index contributed by atoms with van der Waals surface area (Å²) >= 11 is 0. The number of aryl methyl sites for hydroxylation is 1. The van der Waals surface area contributed by atoms with Crippen molar-refractivity contribution in [3.63, 3.8) is 0 Å². The minimum atomic E-state index is -4.41. The SMILES string of the molecule is Cc1ccccc1NC(=O)c1coc(-c2ccc(C(F)(F)F)cc2)n1. The van der Waals surface area contributed by atoms with Gasteiger partial charge in [-0.1, -0.05) is 18.2 Å². The van der Waals surface area contributed by atoms with Crippen molar-refractivity contribution in [2.24, 2.45) is 0 Å². The summed E-state index contributed by atoms with van der Waals surface area (Å²) in [6, 6.07) is 11.6. The summed E-state index contributed by atoms with van der Waals surface area (Å²) in [7, 11) is 0. The lowest BCUT2D eigenvalue weighted by Gasteiger charge is -2.06. The van der Waals surface area contributed by atoms with Crippen molar-refractivity contribution in [1.29, 1.82) is 0 Å². The van der Waals surface area contributed by atoms with Crippen LogP contribution in [0.3, 0.4) is 0 Å². The van der Waals surface area contributed by atoms with Gasteiger partial charge in [0.2, 0.25) is 5.89 Å². The Morgan fingerprint density at radius 2 is 1.76 bits per heavy atom. The minimum Gasteiger partial charge on any atom is -0.444 e. The average molecular weight is 346 g/mol. The van der Waals surface area contributed by atoms with E-state index in [1.807, 2.05) is 19.1 Å². The molecule has 0 bridgehead atoms. The lowest BCUT2D eigenvalue weighted by Crippen LogP contribution is -2.13. The highest BCUT2D eigenvalue weighted by Crippen LogP contribution is 2.30. The molecule has 7 heteroatoms. The standard InChI is InChI=1S/C18H13F3N2O2/c1-11-4-2-3-5-14(11)22-16(24)15-10-25-17(23-15)12-6-8-13(9-7-12)18(19,20)21/h2-10H,1H3,(H,22,24). The Hall–Kier alpha value is -3.09. The predicted molar refractivity (Wildman–Crippen MR) is 86.1 cm³/mol. The van der Waals surface area contributed by atoms with Gasteiger partial charge in [0.15, 0.2) is 5.69 Å². The van der Waals surface area contributed by atoms with Gasteiger partial charge in [-0.25, -0.2) is 4.98 Å². The highest BCUT2D eigenvalue weighted by Gasteiger charge is 2.30. The molecule has 128 valence electrons. The largest absolute Gasteiger partial charge is 0.444 e. The van der Waals surface area contributed by atoms with Crippen molar-refractivity contribution in [2.45, 2.75) is 13.1 Å². The number of aromatic nitrogens is 1. The molecule has 0 atom stereocenters. The number of halogens is 3. The Morgan fingerprint density at radius 3 is 2.40 bits per heavy atom. The lowest BCUT2D eigenvalue weighted by molar-refractivity contribution is -0.137. The number of nitrogens with one attached hydrogen (secondary N) is 1. The molecule has 0 aliphatic rings. The summed E-state index contributed by atoms with van der Waals surface area (Å²) < 4.78 is 43.0. The molecule has 0 saturated carbocycles. The third kappa shape index (κ3) is 3.71. The first-order chi connectivity index (χ1) is 11.8. The minimum absolute atomic E-state index is 0.0400. The molecule has 0 radical (unpaired) electrons. The van der Waals surface area contributed by atoms with Gasteiger partial charge in [-0.05, 0) is 42.8 Å². The number of rotatable bonds is 3. The summed E-state index contributed by atoms with van der Waals surface area (Å²) in [6.45, 7) is 1.85. The summed E-state index contributed by atoms with van der Waals surface area (Å²) in [4.78, 5) is 16.3. The van der Waals surface area contributed by atoms with Crippen LogP contribution in [0.1, 0.15) is 21.6 Å². The van der Waals surface area contributed by atoms with Crippen LogP contribution in [0.2, 0.25) is 0 Å². The summed E-state index contributed by atoms with van der Waals surface area (Å²) in [5, 5.41) is 2.71. The van der Waals surface area contributed by atoms with Crippen LogP contribution in [0.15, 0.2) is 59.2 Å². The van der Waals surface area contributed by atoms with E-state index in [2.05, 4.69) is 10.3 Å². The molecule has 0 spiro atoms. The molecule has 1 heterocycles. The molecule has 3 aromatic rings. The second kappa shape index (κ2) is 6.43. The topological polar surface area (TPSA) is 55.1 Å². The Bertz CT molecular complexity index is 899. The number of amides is 1. The molecule has 0 saturated heterocycles. The fourth-order valence-corrected chi connectivity index (χ4v) is 2.21. The quantitative estimate of drug-likeness (QED) is 0.732. The van der Waals surface area contributed by atoms with Gasteiger partial charge >= 0.3 is 6.18 Å². The molecule has 1 N–H and O–H groups in total. The zero-order valence-corrected chi connectivity index (χ0v) is 13.1. The molecule has 0 aliphatic heterocycles. The first-order valence-corrected chi connectivity index (χ1v) is 7.35. The normalized spacial score (nSPS) is 11.4. The number of oxazole rings is 1. The number of alkyl halides is 3. The maximum absolute atomic E-state index is 12.6. The monoisotopic (exact) mass is 346 g/mol. The van der Waals surface area contributed by atoms with E-state index in [4.69, 9.17) is 4.42 Å². The molecule has 0 aliphatic carbocycles. The van der Waals surface area contributed by atoms with Gasteiger partial charge in [0.1, 0.15) is 6.26 Å². The Morgan fingerprint density at radius 1 is 1.08 bits per heavy atom. The van der Waals surface area contributed by atoms with E-state index in [9.17, 15) is 18.0 Å². The fraction of sp³-hybridized carbons (Fsp3) is 0.111. The fourth-order valence-electron chi connectivity index (χ4n) is 2.21. The van der Waals surface area contributed by atoms with Gasteiger partial charge in [0, 0.05) is 11.3 Å². The van der Waals surface area contributed by atoms with Gasteiger partial charge in [-0.15, -0.1) is 0 Å². The van der Waals surface area contributed by atoms with E-state index < -0.39 is 17.6 Å². The van der Waals surface area contributed by atoms with E-state index in [0.717, 1.165) is 17.7 Å². The molecular formula is C18H13F3N2O2. The first-order valence-electron chi connectivity index (χ1n) is 7.35. The number of benzene rings is 2. The number of nitrogens with zero attached hydrogens (tertiary/aromatic N) is 1. The van der Waals surface area contributed by atoms with Gasteiger partial charge < -0.3 is 9.73 Å². The second-order valence-corrected chi connectivity index (χ2v) is 5.38. The van der Waals surface area contributed by atoms with Crippen LogP contribution in [-0.4, -0.2) is 10.9 Å². The Balaban J connectivity index is 1.78. The average Bonchev–Trinajstić information content (AvgIpc) is 3.06. The molecular weight excluding hydrogens is 333 g/mol. The van der Waals surface area contributed by atoms with E-state index in [1.165, 1.54) is 18.4 Å². The maximum Gasteiger partial charge on any atom is 0.416 e. The number of hydrogen-bond acceptors (Lipinski definition) is 3. The van der Waals surface area contributed by atoms with Crippen molar-refractivity contribution in [3.8, 4) is 11.5 Å². The van der Waals surface area contributed by atoms with Crippen LogP contribution >= 0.6 is 0 Å². The van der Waals surface area contributed by atoms with Gasteiger partial charge in [-0.2, -0.15) is 13.2 Å². The predicted octanol–water partition coefficient (Wildman–Crippen LogP) is 4.92. The van der Waals surface area contributed by atoms with Gasteiger partial charge in [0.05, 0.1) is 5.56 Å². The number of anilines is 1. The maximum atomic E-state index is 12.6. The van der Waals surface area contributed by atoms with Crippen LogP contribution < -0.4 is 5.32 Å². The van der Waals surface area contributed by atoms with Crippen molar-refractivity contribution in [3.05, 3.63) is 71.6 Å². The summed E-state index contributed by atoms with van der Waals surface area (Å²) in [5.74, 6) is -0.389. The van der Waals surface area contributed by atoms with Gasteiger partial charge in [0.25, 0.3) is 5.91 Å². The molecule has 2 aromatic carbocycles. The zero-order valence-electron chi connectivity index (χ0n) is 13.1. The molecule has 0 unspecified atom stereocenters. The third-order valence-electron chi connectivity index (χ3n) is 3.59. The molecule has 1 amide bonds. The first kappa shape index (κ1) is 16.8. The van der Waals surface area contributed by atoms with E-state index in [0.29, 0.717) is 11.3 Å². The van der Waals surface area contributed by atoms with E-state index in [1.54, 1.807) is 12.1 Å². The van der Waals surface area contributed by atoms with Crippen LogP contribution in [0.4, 0.5) is 18.9 Å². The Kier molecular flexibility index (Phi) is 4.31. The van der Waals surface area contributed by atoms with E-state index in [-0.39, 0.29) is 11.6 Å². The second-order valence-electron chi connectivity index (χ2n) is 5.38. The van der Waals surface area contributed by atoms with Crippen molar-refractivity contribution in [2.75, 3.05) is 5.32 Å². The van der Waals surface area contributed by atoms with Crippen LogP contribution in [0.25, 0.3) is 11.5 Å². The molecule has 4 nitrogen and oxygen atoms in total. The highest BCUT2D eigenvalue weighted by atomic mass is 19.4. The lowest BCUT2D eigenvalue weighted by atomic mass is 10.1. The van der Waals surface area contributed by atoms with Gasteiger partial charge in [-0.3, -0.25) is 4.79 Å². The summed E-state index contributed by atoms with van der Waals surface area (Å²) in [5.41, 5.74) is 1.16. The Labute approximate surface area is 141 Å². The molecule has 25 heavy (non-hydrogen) atoms. The smallest absolute Gasteiger partial charge is 0.416 e. The van der Waals surface area contributed by atoms with Crippen molar-refractivity contribution < 1.29 is 22.4 Å². The number of para-hydroxylation sites is 1. The molecule has 3 rings (SSSR count). The van der Waals surface area contributed by atoms with Crippen LogP contribution in [0.5, 0.6) is 0 Å². The highest BCUT2D eigenvalue weighted by molar-refractivity contribution is 6.03. The molecule has 1 aromatic heterocycles. The molecule has 0 fully saturated rings. The van der Waals surface area contributed by atoms with Crippen molar-refractivity contribution >= 4 is 11.6 Å². The zero-order chi connectivity index (χ0) is 18.0. The number of carbonyl (C=O) groups is 1. The van der Waals surface area contributed by atoms with Crippen LogP contribution in [0, 0.1) is 6.92 Å². The van der Waals surface area contributed by atoms with Crippen molar-refractivity contribution in [1.82, 2.24) is 4.98 Å². The number of carbonyl (C=O) groups excluding carboxylic acids is 1. The number of hydrogen-bond donors (Lipinski definition) is 1. The summed E-state index contributed by atoms with van der Waals surface area (Å²) in [6.07, 6.45) is -3.24. The van der Waals surface area contributed by atoms with Crippen LogP contribution in [-0.2, 0) is 6.18 Å².